The summed E-state index contributed by atoms with van der Waals surface area (Å²) < 4.78 is 25.5. The molecule has 1 aliphatic carbocycles. The van der Waals surface area contributed by atoms with Gasteiger partial charge in [0.05, 0.1) is 6.61 Å². The van der Waals surface area contributed by atoms with Crippen LogP contribution in [0.5, 0.6) is 0 Å². The van der Waals surface area contributed by atoms with E-state index in [1.165, 1.54) is 5.57 Å². The van der Waals surface area contributed by atoms with Crippen molar-refractivity contribution in [3.63, 3.8) is 0 Å². The predicted molar refractivity (Wildman–Crippen MR) is 94.4 cm³/mol. The summed E-state index contributed by atoms with van der Waals surface area (Å²) in [7, 11) is -3.17. The zero-order chi connectivity index (χ0) is 16.3. The molecule has 0 radical (unpaired) electrons. The average molecular weight is 334 g/mol. The van der Waals surface area contributed by atoms with E-state index in [-0.39, 0.29) is 0 Å². The third-order valence-corrected chi connectivity index (χ3v) is 7.21. The van der Waals surface area contributed by atoms with Crippen LogP contribution in [0.3, 0.4) is 0 Å². The van der Waals surface area contributed by atoms with Crippen molar-refractivity contribution < 1.29 is 13.6 Å². The van der Waals surface area contributed by atoms with Crippen molar-refractivity contribution in [2.45, 2.75) is 64.4 Å². The van der Waals surface area contributed by atoms with E-state index in [1.54, 1.807) is 0 Å². The van der Waals surface area contributed by atoms with Gasteiger partial charge in [0, 0.05) is 10.9 Å². The van der Waals surface area contributed by atoms with Gasteiger partial charge in [-0.15, -0.1) is 0 Å². The van der Waals surface area contributed by atoms with Crippen LogP contribution >= 0.6 is 7.60 Å². The second-order valence-electron chi connectivity index (χ2n) is 6.50. The fraction of sp³-hybridized carbons (Fsp3) is 0.579. The smallest absolute Gasteiger partial charge is 0.306 e. The van der Waals surface area contributed by atoms with Crippen LogP contribution in [0.25, 0.3) is 5.57 Å². The molecular weight excluding hydrogens is 307 g/mol. The van der Waals surface area contributed by atoms with E-state index in [0.717, 1.165) is 55.8 Å². The maximum absolute atomic E-state index is 13.5. The maximum Gasteiger partial charge on any atom is 0.358 e. The second-order valence-corrected chi connectivity index (χ2v) is 8.47. The summed E-state index contributed by atoms with van der Waals surface area (Å²) in [6.45, 7) is 4.48. The summed E-state index contributed by atoms with van der Waals surface area (Å²) in [5.41, 5.74) is 1.92. The van der Waals surface area contributed by atoms with Gasteiger partial charge in [0.1, 0.15) is 5.60 Å². The summed E-state index contributed by atoms with van der Waals surface area (Å²) in [6.07, 6.45) is 7.05. The lowest BCUT2D eigenvalue weighted by Gasteiger charge is -2.27. The van der Waals surface area contributed by atoms with Crippen LogP contribution in [-0.4, -0.2) is 12.2 Å². The topological polar surface area (TPSA) is 35.5 Å². The highest BCUT2D eigenvalue weighted by Gasteiger charge is 2.54. The first-order valence-electron chi connectivity index (χ1n) is 8.90. The highest BCUT2D eigenvalue weighted by molar-refractivity contribution is 7.59. The van der Waals surface area contributed by atoms with Crippen LogP contribution in [0.2, 0.25) is 0 Å². The molecule has 126 valence electrons. The normalized spacial score (nSPS) is 26.3. The van der Waals surface area contributed by atoms with E-state index in [9.17, 15) is 4.57 Å². The Balaban J connectivity index is 2.14. The Morgan fingerprint density at radius 2 is 1.87 bits per heavy atom. The Bertz CT molecular complexity index is 615. The first kappa shape index (κ1) is 17.0. The van der Waals surface area contributed by atoms with Crippen molar-refractivity contribution in [2.75, 3.05) is 6.61 Å². The summed E-state index contributed by atoms with van der Waals surface area (Å²) >= 11 is 0. The van der Waals surface area contributed by atoms with Crippen LogP contribution in [-0.2, 0) is 13.6 Å². The maximum atomic E-state index is 13.5. The molecule has 23 heavy (non-hydrogen) atoms. The molecule has 1 heterocycles. The molecule has 1 unspecified atom stereocenters. The summed E-state index contributed by atoms with van der Waals surface area (Å²) in [5, 5.41) is 0.939. The van der Waals surface area contributed by atoms with Crippen molar-refractivity contribution in [1.29, 1.82) is 0 Å². The van der Waals surface area contributed by atoms with E-state index in [2.05, 4.69) is 19.1 Å². The lowest BCUT2D eigenvalue weighted by molar-refractivity contribution is 0.117. The number of hydrogen-bond donors (Lipinski definition) is 0. The van der Waals surface area contributed by atoms with Gasteiger partial charge in [-0.2, -0.15) is 0 Å². The highest BCUT2D eigenvalue weighted by Crippen LogP contribution is 2.72. The third kappa shape index (κ3) is 3.07. The largest absolute Gasteiger partial charge is 0.358 e. The van der Waals surface area contributed by atoms with E-state index < -0.39 is 13.2 Å². The molecule has 0 bridgehead atoms. The molecule has 1 aliphatic heterocycles. The SMILES string of the molecule is CCCCC1=C(c2ccccc2)C2(CCCC2)OP1(=O)OCC. The molecule has 0 N–H and O–H groups in total. The average Bonchev–Trinajstić information content (AvgIpc) is 3.09. The lowest BCUT2D eigenvalue weighted by atomic mass is 9.85. The Labute approximate surface area is 139 Å². The van der Waals surface area contributed by atoms with Crippen molar-refractivity contribution >= 4 is 13.2 Å². The van der Waals surface area contributed by atoms with Gasteiger partial charge in [-0.1, -0.05) is 56.5 Å². The monoisotopic (exact) mass is 334 g/mol. The van der Waals surface area contributed by atoms with Crippen LogP contribution in [0.4, 0.5) is 0 Å². The first-order chi connectivity index (χ1) is 11.2. The van der Waals surface area contributed by atoms with Gasteiger partial charge in [0.15, 0.2) is 0 Å². The minimum atomic E-state index is -3.17. The molecule has 3 rings (SSSR count). The van der Waals surface area contributed by atoms with E-state index in [1.807, 2.05) is 25.1 Å². The highest BCUT2D eigenvalue weighted by atomic mass is 31.2. The van der Waals surface area contributed by atoms with Gasteiger partial charge in [0.25, 0.3) is 0 Å². The third-order valence-electron chi connectivity index (χ3n) is 4.91. The molecule has 3 nitrogen and oxygen atoms in total. The number of unbranched alkanes of at least 4 members (excludes halogenated alkanes) is 1. The van der Waals surface area contributed by atoms with Crippen molar-refractivity contribution in [3.8, 4) is 0 Å². The fourth-order valence-corrected chi connectivity index (χ4v) is 6.36. The van der Waals surface area contributed by atoms with Crippen LogP contribution in [0.15, 0.2) is 35.6 Å². The summed E-state index contributed by atoms with van der Waals surface area (Å²) in [4.78, 5) is 0. The predicted octanol–water partition coefficient (Wildman–Crippen LogP) is 6.16. The molecular formula is C19H27O3P. The molecule has 0 amide bonds. The standard InChI is InChI=1S/C19H27O3P/c1-3-5-13-17-18(16-11-7-6-8-12-16)19(14-9-10-15-19)22-23(17,20)21-4-2/h6-8,11-12H,3-5,9-10,13-15H2,1-2H3. The van der Waals surface area contributed by atoms with Gasteiger partial charge in [-0.3, -0.25) is 9.09 Å². The van der Waals surface area contributed by atoms with Crippen molar-refractivity contribution in [2.24, 2.45) is 0 Å². The van der Waals surface area contributed by atoms with E-state index in [0.29, 0.717) is 6.61 Å². The zero-order valence-electron chi connectivity index (χ0n) is 14.2. The van der Waals surface area contributed by atoms with Gasteiger partial charge < -0.3 is 4.52 Å². The van der Waals surface area contributed by atoms with Crippen molar-refractivity contribution in [3.05, 3.63) is 41.2 Å². The molecule has 1 aromatic carbocycles. The molecule has 4 heteroatoms. The minimum Gasteiger partial charge on any atom is -0.306 e. The van der Waals surface area contributed by atoms with Crippen LogP contribution in [0, 0.1) is 0 Å². The van der Waals surface area contributed by atoms with Crippen LogP contribution < -0.4 is 0 Å². The number of allylic oxidation sites excluding steroid dienone is 1. The summed E-state index contributed by atoms with van der Waals surface area (Å²) in [6, 6.07) is 10.4. The molecule has 0 aromatic heterocycles. The Kier molecular flexibility index (Phi) is 5.10. The zero-order valence-corrected chi connectivity index (χ0v) is 15.1. The second kappa shape index (κ2) is 6.93. The molecule has 1 atom stereocenters. The molecule has 1 saturated carbocycles. The molecule has 1 aromatic rings. The van der Waals surface area contributed by atoms with E-state index in [4.69, 9.17) is 9.05 Å². The summed E-state index contributed by atoms with van der Waals surface area (Å²) in [5.74, 6) is 0. The molecule has 1 spiro atoms. The number of benzene rings is 1. The Hall–Kier alpha value is -0.890. The van der Waals surface area contributed by atoms with Gasteiger partial charge in [0.2, 0.25) is 0 Å². The van der Waals surface area contributed by atoms with E-state index >= 15 is 0 Å². The molecule has 0 saturated heterocycles. The minimum absolute atomic E-state index is 0.394. The quantitative estimate of drug-likeness (QED) is 0.584. The fourth-order valence-electron chi connectivity index (χ4n) is 3.93. The lowest BCUT2D eigenvalue weighted by Crippen LogP contribution is -2.25. The Morgan fingerprint density at radius 3 is 2.48 bits per heavy atom. The van der Waals surface area contributed by atoms with Gasteiger partial charge in [-0.05, 0) is 38.2 Å². The Morgan fingerprint density at radius 1 is 1.17 bits per heavy atom. The molecule has 1 fully saturated rings. The van der Waals surface area contributed by atoms with Gasteiger partial charge >= 0.3 is 7.60 Å². The molecule has 2 aliphatic rings. The van der Waals surface area contributed by atoms with Crippen molar-refractivity contribution in [1.82, 2.24) is 0 Å². The first-order valence-corrected chi connectivity index (χ1v) is 10.4. The number of hydrogen-bond acceptors (Lipinski definition) is 3. The van der Waals surface area contributed by atoms with Crippen LogP contribution in [0.1, 0.15) is 64.4 Å². The van der Waals surface area contributed by atoms with Gasteiger partial charge in [-0.25, -0.2) is 0 Å². The number of rotatable bonds is 6.